The first-order valence-corrected chi connectivity index (χ1v) is 12.5. The number of fused-ring (bicyclic) bond motifs is 1. The summed E-state index contributed by atoms with van der Waals surface area (Å²) in [6, 6.07) is 11.9. The molecule has 1 aliphatic rings. The van der Waals surface area contributed by atoms with Crippen molar-refractivity contribution in [1.82, 2.24) is 19.9 Å². The van der Waals surface area contributed by atoms with Gasteiger partial charge in [-0.15, -0.1) is 0 Å². The highest BCUT2D eigenvalue weighted by molar-refractivity contribution is 7.99. The van der Waals surface area contributed by atoms with Gasteiger partial charge in [-0.05, 0) is 38.8 Å². The van der Waals surface area contributed by atoms with Crippen LogP contribution in [0.25, 0.3) is 16.8 Å². The number of hydrogen-bond acceptors (Lipinski definition) is 6. The molecule has 0 bridgehead atoms. The van der Waals surface area contributed by atoms with Crippen molar-refractivity contribution in [2.75, 3.05) is 17.3 Å². The predicted molar refractivity (Wildman–Crippen MR) is 118 cm³/mol. The minimum atomic E-state index is -3.08. The molecule has 3 heterocycles. The molecule has 0 saturated carbocycles. The van der Waals surface area contributed by atoms with Crippen LogP contribution in [0.5, 0.6) is 0 Å². The molecule has 1 fully saturated rings. The van der Waals surface area contributed by atoms with Crippen LogP contribution in [0, 0.1) is 13.8 Å². The fourth-order valence-electron chi connectivity index (χ4n) is 3.91. The number of amides is 1. The van der Waals surface area contributed by atoms with Gasteiger partial charge in [-0.2, -0.15) is 5.10 Å². The topological polar surface area (TPSA) is 93.4 Å². The minimum absolute atomic E-state index is 0.0131. The van der Waals surface area contributed by atoms with Gasteiger partial charge in [-0.1, -0.05) is 42.1 Å². The zero-order valence-corrected chi connectivity index (χ0v) is 18.8. The van der Waals surface area contributed by atoms with E-state index in [1.807, 2.05) is 50.2 Å². The van der Waals surface area contributed by atoms with Crippen LogP contribution < -0.4 is 5.32 Å². The van der Waals surface area contributed by atoms with Crippen molar-refractivity contribution >= 4 is 33.0 Å². The molecule has 1 N–H and O–H groups in total. The summed E-state index contributed by atoms with van der Waals surface area (Å²) in [4.78, 5) is 17.3. The van der Waals surface area contributed by atoms with Crippen LogP contribution >= 0.6 is 11.8 Å². The van der Waals surface area contributed by atoms with E-state index in [0.29, 0.717) is 11.6 Å². The number of hydrogen-bond donors (Lipinski definition) is 1. The molecular weight excluding hydrogens is 420 g/mol. The lowest BCUT2D eigenvalue weighted by atomic mass is 10.0. The lowest BCUT2D eigenvalue weighted by Gasteiger charge is -2.23. The summed E-state index contributed by atoms with van der Waals surface area (Å²) in [5.41, 5.74) is 3.97. The molecule has 0 aliphatic carbocycles. The highest BCUT2D eigenvalue weighted by Gasteiger charge is 2.39. The van der Waals surface area contributed by atoms with Crippen LogP contribution in [0.2, 0.25) is 0 Å². The van der Waals surface area contributed by atoms with Gasteiger partial charge in [0.15, 0.2) is 15.0 Å². The number of thioether (sulfide) groups is 1. The first-order chi connectivity index (χ1) is 14.2. The fourth-order valence-corrected chi connectivity index (χ4v) is 6.75. The fraction of sp³-hybridized carbons (Fsp3) is 0.381. The summed E-state index contributed by atoms with van der Waals surface area (Å²) in [6.07, 6.45) is 0.441. The van der Waals surface area contributed by atoms with E-state index in [1.165, 1.54) is 11.8 Å². The second kappa shape index (κ2) is 7.70. The molecule has 1 atom stereocenters. The molecule has 1 saturated heterocycles. The molecular formula is C21H24N4O3S2. The SMILES string of the molecule is Cc1cc(C)c2c(-c3ccccc3)nc(SCC(=O)NC3(C)CCS(=O)(=O)C3)n2n1. The average Bonchev–Trinajstić information content (AvgIpc) is 3.17. The van der Waals surface area contributed by atoms with E-state index in [-0.39, 0.29) is 23.2 Å². The van der Waals surface area contributed by atoms with E-state index < -0.39 is 15.4 Å². The number of imidazole rings is 1. The molecule has 0 spiro atoms. The van der Waals surface area contributed by atoms with Gasteiger partial charge in [-0.3, -0.25) is 4.79 Å². The van der Waals surface area contributed by atoms with Crippen molar-refractivity contribution in [1.29, 1.82) is 0 Å². The normalized spacial score (nSPS) is 20.5. The van der Waals surface area contributed by atoms with E-state index in [4.69, 9.17) is 4.98 Å². The molecule has 9 heteroatoms. The molecule has 158 valence electrons. The zero-order chi connectivity index (χ0) is 21.5. The quantitative estimate of drug-likeness (QED) is 0.608. The maximum atomic E-state index is 12.6. The molecule has 2 aromatic heterocycles. The number of nitrogens with zero attached hydrogens (tertiary/aromatic N) is 3. The molecule has 1 amide bonds. The standard InChI is InChI=1S/C21H24N4O3S2/c1-14-11-15(2)24-25-19(14)18(16-7-5-4-6-8-16)22-20(25)29-12-17(26)23-21(3)9-10-30(27,28)13-21/h4-8,11H,9-10,12-13H2,1-3H3,(H,23,26). The summed E-state index contributed by atoms with van der Waals surface area (Å²) < 4.78 is 25.4. The molecule has 30 heavy (non-hydrogen) atoms. The molecule has 1 unspecified atom stereocenters. The third-order valence-corrected chi connectivity index (χ3v) is 8.04. The van der Waals surface area contributed by atoms with Crippen LogP contribution in [0.15, 0.2) is 41.6 Å². The molecule has 0 radical (unpaired) electrons. The van der Waals surface area contributed by atoms with Gasteiger partial charge in [0.1, 0.15) is 0 Å². The Bertz CT molecular complexity index is 1220. The summed E-state index contributed by atoms with van der Waals surface area (Å²) >= 11 is 1.30. The predicted octanol–water partition coefficient (Wildman–Crippen LogP) is 2.80. The van der Waals surface area contributed by atoms with Gasteiger partial charge < -0.3 is 5.32 Å². The number of sulfone groups is 1. The second-order valence-electron chi connectivity index (χ2n) is 8.08. The van der Waals surface area contributed by atoms with E-state index in [2.05, 4.69) is 10.4 Å². The lowest BCUT2D eigenvalue weighted by molar-refractivity contribution is -0.120. The maximum absolute atomic E-state index is 12.6. The van der Waals surface area contributed by atoms with E-state index in [9.17, 15) is 13.2 Å². The van der Waals surface area contributed by atoms with Crippen molar-refractivity contribution in [2.24, 2.45) is 0 Å². The highest BCUT2D eigenvalue weighted by Crippen LogP contribution is 2.31. The van der Waals surface area contributed by atoms with E-state index in [0.717, 1.165) is 28.0 Å². The summed E-state index contributed by atoms with van der Waals surface area (Å²) in [5.74, 6) is 0.0328. The third-order valence-electron chi connectivity index (χ3n) is 5.21. The van der Waals surface area contributed by atoms with Crippen molar-refractivity contribution in [3.8, 4) is 11.3 Å². The maximum Gasteiger partial charge on any atom is 0.230 e. The molecule has 4 rings (SSSR count). The number of aromatic nitrogens is 3. The van der Waals surface area contributed by atoms with Crippen LogP contribution in [-0.2, 0) is 14.6 Å². The van der Waals surface area contributed by atoms with Gasteiger partial charge >= 0.3 is 0 Å². The van der Waals surface area contributed by atoms with Crippen molar-refractivity contribution in [3.63, 3.8) is 0 Å². The zero-order valence-electron chi connectivity index (χ0n) is 17.2. The van der Waals surface area contributed by atoms with Crippen LogP contribution in [0.3, 0.4) is 0 Å². The number of nitrogens with one attached hydrogen (secondary N) is 1. The summed E-state index contributed by atoms with van der Waals surface area (Å²) in [5, 5.41) is 8.15. The van der Waals surface area contributed by atoms with Crippen molar-refractivity contribution < 1.29 is 13.2 Å². The minimum Gasteiger partial charge on any atom is -0.349 e. The summed E-state index contributed by atoms with van der Waals surface area (Å²) in [7, 11) is -3.08. The average molecular weight is 445 g/mol. The van der Waals surface area contributed by atoms with Crippen molar-refractivity contribution in [2.45, 2.75) is 37.9 Å². The van der Waals surface area contributed by atoms with E-state index in [1.54, 1.807) is 11.4 Å². The first kappa shape index (κ1) is 20.9. The van der Waals surface area contributed by atoms with Gasteiger partial charge in [0.05, 0.1) is 39.7 Å². The molecule has 3 aromatic rings. The largest absolute Gasteiger partial charge is 0.349 e. The number of carbonyl (C=O) groups is 1. The Balaban J connectivity index is 1.59. The Morgan fingerprint density at radius 3 is 2.67 bits per heavy atom. The lowest BCUT2D eigenvalue weighted by Crippen LogP contribution is -2.47. The van der Waals surface area contributed by atoms with Gasteiger partial charge in [0.25, 0.3) is 0 Å². The Morgan fingerprint density at radius 1 is 1.27 bits per heavy atom. The van der Waals surface area contributed by atoms with Crippen LogP contribution in [-0.4, -0.2) is 51.7 Å². The Kier molecular flexibility index (Phi) is 5.36. The Hall–Kier alpha value is -2.39. The number of rotatable bonds is 5. The number of carbonyl (C=O) groups excluding carboxylic acids is 1. The number of benzene rings is 1. The molecule has 7 nitrogen and oxygen atoms in total. The monoisotopic (exact) mass is 444 g/mol. The van der Waals surface area contributed by atoms with Gasteiger partial charge in [-0.25, -0.2) is 17.9 Å². The van der Waals surface area contributed by atoms with Crippen molar-refractivity contribution in [3.05, 3.63) is 47.7 Å². The molecule has 1 aliphatic heterocycles. The smallest absolute Gasteiger partial charge is 0.230 e. The highest BCUT2D eigenvalue weighted by atomic mass is 32.2. The Labute approximate surface area is 180 Å². The van der Waals surface area contributed by atoms with Crippen LogP contribution in [0.1, 0.15) is 24.6 Å². The van der Waals surface area contributed by atoms with E-state index >= 15 is 0 Å². The van der Waals surface area contributed by atoms with Gasteiger partial charge in [0.2, 0.25) is 5.91 Å². The second-order valence-corrected chi connectivity index (χ2v) is 11.2. The number of aryl methyl sites for hydroxylation is 2. The third kappa shape index (κ3) is 4.22. The van der Waals surface area contributed by atoms with Crippen LogP contribution in [0.4, 0.5) is 0 Å². The first-order valence-electron chi connectivity index (χ1n) is 9.72. The summed E-state index contributed by atoms with van der Waals surface area (Å²) in [6.45, 7) is 5.74. The van der Waals surface area contributed by atoms with Gasteiger partial charge in [0, 0.05) is 5.56 Å². The Morgan fingerprint density at radius 2 is 2.00 bits per heavy atom. The molecule has 1 aromatic carbocycles.